The third-order valence-corrected chi connectivity index (χ3v) is 2.97. The molecule has 2 aromatic rings. The number of nitrogens with two attached hydrogens (primary N) is 2. The molecule has 0 aliphatic heterocycles. The van der Waals surface area contributed by atoms with Gasteiger partial charge in [-0.2, -0.15) is 0 Å². The maximum atomic E-state index is 13.9. The van der Waals surface area contributed by atoms with E-state index in [1.165, 1.54) is 18.2 Å². The predicted molar refractivity (Wildman–Crippen MR) is 71.4 cm³/mol. The molecular weight excluding hydrogens is 274 g/mol. The van der Waals surface area contributed by atoms with Crippen molar-refractivity contribution in [2.24, 2.45) is 0 Å². The molecule has 0 unspecified atom stereocenters. The van der Waals surface area contributed by atoms with Crippen molar-refractivity contribution in [1.82, 2.24) is 0 Å². The number of aryl methyl sites for hydroxylation is 1. The Balaban J connectivity index is 2.49. The Hall–Kier alpha value is -2.01. The van der Waals surface area contributed by atoms with Crippen molar-refractivity contribution < 1.29 is 13.5 Å². The van der Waals surface area contributed by atoms with Crippen LogP contribution in [0.25, 0.3) is 0 Å². The summed E-state index contributed by atoms with van der Waals surface area (Å²) in [7, 11) is 0. The van der Waals surface area contributed by atoms with Gasteiger partial charge in [-0.1, -0.05) is 17.7 Å². The largest absolute Gasteiger partial charge is 0.452 e. The third-order valence-electron chi connectivity index (χ3n) is 2.58. The van der Waals surface area contributed by atoms with Crippen LogP contribution >= 0.6 is 11.6 Å². The second-order valence-corrected chi connectivity index (χ2v) is 4.40. The fourth-order valence-corrected chi connectivity index (χ4v) is 1.69. The van der Waals surface area contributed by atoms with Crippen molar-refractivity contribution in [1.29, 1.82) is 0 Å². The normalized spacial score (nSPS) is 10.5. The monoisotopic (exact) mass is 284 g/mol. The number of benzene rings is 2. The van der Waals surface area contributed by atoms with Gasteiger partial charge < -0.3 is 16.2 Å². The summed E-state index contributed by atoms with van der Waals surface area (Å²) < 4.78 is 32.4. The Bertz CT molecular complexity index is 647. The SMILES string of the molecule is Cc1ccc(F)cc1Oc1c(N)cc(N)c(Cl)c1F. The number of anilines is 2. The Morgan fingerprint density at radius 1 is 1.11 bits per heavy atom. The predicted octanol–water partition coefficient (Wildman–Crippen LogP) is 3.88. The molecule has 0 aromatic heterocycles. The maximum absolute atomic E-state index is 13.9. The highest BCUT2D eigenvalue weighted by Gasteiger charge is 2.17. The second-order valence-electron chi connectivity index (χ2n) is 4.02. The van der Waals surface area contributed by atoms with E-state index in [2.05, 4.69) is 0 Å². The van der Waals surface area contributed by atoms with E-state index in [-0.39, 0.29) is 27.9 Å². The number of halogens is 3. The van der Waals surface area contributed by atoms with Crippen LogP contribution < -0.4 is 16.2 Å². The molecule has 0 spiro atoms. The molecule has 6 heteroatoms. The van der Waals surface area contributed by atoms with Crippen molar-refractivity contribution in [2.45, 2.75) is 6.92 Å². The lowest BCUT2D eigenvalue weighted by atomic mass is 10.2. The van der Waals surface area contributed by atoms with E-state index in [9.17, 15) is 8.78 Å². The topological polar surface area (TPSA) is 61.3 Å². The van der Waals surface area contributed by atoms with Gasteiger partial charge in [-0.05, 0) is 24.6 Å². The smallest absolute Gasteiger partial charge is 0.188 e. The number of hydrogen-bond donors (Lipinski definition) is 2. The minimum Gasteiger partial charge on any atom is -0.452 e. The van der Waals surface area contributed by atoms with Crippen LogP contribution in [-0.4, -0.2) is 0 Å². The van der Waals surface area contributed by atoms with E-state index < -0.39 is 11.6 Å². The minimum absolute atomic E-state index is 0.0111. The van der Waals surface area contributed by atoms with Gasteiger partial charge in [0, 0.05) is 6.07 Å². The van der Waals surface area contributed by atoms with Gasteiger partial charge in [0.25, 0.3) is 0 Å². The summed E-state index contributed by atoms with van der Waals surface area (Å²) in [6, 6.07) is 5.21. The molecule has 0 saturated carbocycles. The lowest BCUT2D eigenvalue weighted by Crippen LogP contribution is -2.00. The zero-order valence-corrected chi connectivity index (χ0v) is 10.8. The molecule has 2 aromatic carbocycles. The van der Waals surface area contributed by atoms with Crippen LogP contribution in [0.5, 0.6) is 11.5 Å². The molecular formula is C13H11ClF2N2O. The first-order valence-corrected chi connectivity index (χ1v) is 5.75. The minimum atomic E-state index is -0.872. The molecule has 0 aliphatic carbocycles. The Morgan fingerprint density at radius 3 is 2.47 bits per heavy atom. The van der Waals surface area contributed by atoms with Crippen LogP contribution in [-0.2, 0) is 0 Å². The Labute approximate surface area is 113 Å². The molecule has 4 N–H and O–H groups in total. The molecule has 0 amide bonds. The number of ether oxygens (including phenoxy) is 1. The Kier molecular flexibility index (Phi) is 3.48. The van der Waals surface area contributed by atoms with Crippen molar-refractivity contribution in [3.05, 3.63) is 46.5 Å². The highest BCUT2D eigenvalue weighted by atomic mass is 35.5. The van der Waals surface area contributed by atoms with Gasteiger partial charge in [-0.25, -0.2) is 8.78 Å². The van der Waals surface area contributed by atoms with Crippen molar-refractivity contribution in [2.75, 3.05) is 11.5 Å². The summed E-state index contributed by atoms with van der Waals surface area (Å²) in [6.07, 6.45) is 0. The summed E-state index contributed by atoms with van der Waals surface area (Å²) in [5.41, 5.74) is 11.7. The summed E-state index contributed by atoms with van der Waals surface area (Å²) in [5, 5.41) is -0.279. The second kappa shape index (κ2) is 4.93. The molecule has 2 rings (SSSR count). The highest BCUT2D eigenvalue weighted by molar-refractivity contribution is 6.33. The number of nitrogen functional groups attached to an aromatic ring is 2. The van der Waals surface area contributed by atoms with Gasteiger partial charge >= 0.3 is 0 Å². The van der Waals surface area contributed by atoms with Gasteiger partial charge in [0.2, 0.25) is 0 Å². The maximum Gasteiger partial charge on any atom is 0.188 e. The molecule has 0 saturated heterocycles. The van der Waals surface area contributed by atoms with Crippen LogP contribution in [0.3, 0.4) is 0 Å². The van der Waals surface area contributed by atoms with Crippen LogP contribution in [0.15, 0.2) is 24.3 Å². The lowest BCUT2D eigenvalue weighted by Gasteiger charge is -2.13. The van der Waals surface area contributed by atoms with E-state index in [4.69, 9.17) is 27.8 Å². The summed E-state index contributed by atoms with van der Waals surface area (Å²) in [4.78, 5) is 0. The van der Waals surface area contributed by atoms with E-state index in [0.717, 1.165) is 6.07 Å². The third kappa shape index (κ3) is 2.56. The van der Waals surface area contributed by atoms with E-state index in [0.29, 0.717) is 5.56 Å². The summed E-state index contributed by atoms with van der Waals surface area (Å²) in [6.45, 7) is 1.70. The fourth-order valence-electron chi connectivity index (χ4n) is 1.55. The van der Waals surface area contributed by atoms with E-state index in [1.54, 1.807) is 6.92 Å². The molecule has 19 heavy (non-hydrogen) atoms. The van der Waals surface area contributed by atoms with Gasteiger partial charge in [-0.3, -0.25) is 0 Å². The molecule has 3 nitrogen and oxygen atoms in total. The van der Waals surface area contributed by atoms with Crippen LogP contribution in [0.4, 0.5) is 20.2 Å². The van der Waals surface area contributed by atoms with Gasteiger partial charge in [0.15, 0.2) is 11.6 Å². The first kappa shape index (κ1) is 13.4. The van der Waals surface area contributed by atoms with Crippen LogP contribution in [0.2, 0.25) is 5.02 Å². The molecule has 100 valence electrons. The molecule has 0 bridgehead atoms. The number of rotatable bonds is 2. The van der Waals surface area contributed by atoms with Crippen LogP contribution in [0.1, 0.15) is 5.56 Å². The summed E-state index contributed by atoms with van der Waals surface area (Å²) in [5.74, 6) is -1.48. The van der Waals surface area contributed by atoms with Crippen molar-refractivity contribution in [3.63, 3.8) is 0 Å². The molecule has 0 aliphatic rings. The lowest BCUT2D eigenvalue weighted by molar-refractivity contribution is 0.439. The molecule has 0 radical (unpaired) electrons. The van der Waals surface area contributed by atoms with Crippen LogP contribution in [0, 0.1) is 18.6 Å². The fraction of sp³-hybridized carbons (Fsp3) is 0.0769. The summed E-state index contributed by atoms with van der Waals surface area (Å²) >= 11 is 5.68. The Morgan fingerprint density at radius 2 is 1.79 bits per heavy atom. The average molecular weight is 285 g/mol. The highest BCUT2D eigenvalue weighted by Crippen LogP contribution is 2.38. The molecule has 0 fully saturated rings. The zero-order valence-electron chi connectivity index (χ0n) is 10.0. The van der Waals surface area contributed by atoms with Crippen molar-refractivity contribution in [3.8, 4) is 11.5 Å². The van der Waals surface area contributed by atoms with Crippen molar-refractivity contribution >= 4 is 23.0 Å². The quantitative estimate of drug-likeness (QED) is 0.823. The van der Waals surface area contributed by atoms with Gasteiger partial charge in [0.05, 0.1) is 11.4 Å². The first-order chi connectivity index (χ1) is 8.90. The van der Waals surface area contributed by atoms with Gasteiger partial charge in [0.1, 0.15) is 16.6 Å². The standard InChI is InChI=1S/C13H11ClF2N2O/c1-6-2-3-7(15)4-10(6)19-13-9(18)5-8(17)11(14)12(13)16/h2-5H,17-18H2,1H3. The first-order valence-electron chi connectivity index (χ1n) is 5.37. The van der Waals surface area contributed by atoms with Gasteiger partial charge in [-0.15, -0.1) is 0 Å². The molecule has 0 atom stereocenters. The average Bonchev–Trinajstić information content (AvgIpc) is 2.36. The number of hydrogen-bond acceptors (Lipinski definition) is 3. The molecule has 0 heterocycles. The van der Waals surface area contributed by atoms with E-state index >= 15 is 0 Å². The van der Waals surface area contributed by atoms with E-state index in [1.807, 2.05) is 0 Å². The zero-order chi connectivity index (χ0) is 14.2.